The van der Waals surface area contributed by atoms with Gasteiger partial charge in [0.1, 0.15) is 0 Å². The molecular weight excluding hydrogens is 224 g/mol. The summed E-state index contributed by atoms with van der Waals surface area (Å²) in [6, 6.07) is 0.481. The summed E-state index contributed by atoms with van der Waals surface area (Å²) in [6.07, 6.45) is 6.61. The third kappa shape index (κ3) is 4.27. The van der Waals surface area contributed by atoms with Gasteiger partial charge in [0.2, 0.25) is 5.91 Å². The molecule has 0 aromatic carbocycles. The number of hydrogen-bond donors (Lipinski definition) is 2. The lowest BCUT2D eigenvalue weighted by atomic mass is 9.80. The standard InChI is InChI=1S/C15H30N2O/c1-11(2)9-15(14(16)18,10-12(3)4)17-13-7-5-6-8-13/h11-13,17H,5-10H2,1-4H3,(H2,16,18). The van der Waals surface area contributed by atoms with Crippen molar-refractivity contribution in [3.05, 3.63) is 0 Å². The third-order valence-electron chi connectivity index (χ3n) is 3.82. The molecule has 1 fully saturated rings. The summed E-state index contributed by atoms with van der Waals surface area (Å²) < 4.78 is 0. The van der Waals surface area contributed by atoms with Gasteiger partial charge in [0.25, 0.3) is 0 Å². The Hall–Kier alpha value is -0.570. The van der Waals surface area contributed by atoms with Crippen LogP contribution in [0.3, 0.4) is 0 Å². The van der Waals surface area contributed by atoms with Crippen molar-refractivity contribution in [1.82, 2.24) is 5.32 Å². The summed E-state index contributed by atoms with van der Waals surface area (Å²) in [5.74, 6) is 0.784. The highest BCUT2D eigenvalue weighted by atomic mass is 16.1. The van der Waals surface area contributed by atoms with Crippen LogP contribution in [-0.2, 0) is 4.79 Å². The van der Waals surface area contributed by atoms with Gasteiger partial charge in [-0.3, -0.25) is 4.79 Å². The molecule has 0 heterocycles. The second-order valence-corrected chi connectivity index (χ2v) is 6.77. The Bertz CT molecular complexity index is 258. The minimum Gasteiger partial charge on any atom is -0.368 e. The molecule has 1 rings (SSSR count). The van der Waals surface area contributed by atoms with Crippen molar-refractivity contribution in [2.45, 2.75) is 77.8 Å². The van der Waals surface area contributed by atoms with E-state index in [1.165, 1.54) is 25.7 Å². The molecule has 106 valence electrons. The van der Waals surface area contributed by atoms with Crippen LogP contribution in [0, 0.1) is 11.8 Å². The van der Waals surface area contributed by atoms with E-state index in [0.717, 1.165) is 12.8 Å². The fraction of sp³-hybridized carbons (Fsp3) is 0.933. The molecule has 1 amide bonds. The molecule has 3 heteroatoms. The number of amides is 1. The fourth-order valence-corrected chi connectivity index (χ4v) is 3.33. The van der Waals surface area contributed by atoms with Crippen LogP contribution in [0.2, 0.25) is 0 Å². The number of nitrogens with one attached hydrogen (secondary N) is 1. The first-order valence-corrected chi connectivity index (χ1v) is 7.43. The van der Waals surface area contributed by atoms with E-state index in [4.69, 9.17) is 5.73 Å². The summed E-state index contributed by atoms with van der Waals surface area (Å²) in [5, 5.41) is 3.62. The summed E-state index contributed by atoms with van der Waals surface area (Å²) in [4.78, 5) is 12.0. The van der Waals surface area contributed by atoms with E-state index in [2.05, 4.69) is 33.0 Å². The second kappa shape index (κ2) is 6.55. The topological polar surface area (TPSA) is 55.1 Å². The number of nitrogens with two attached hydrogens (primary N) is 1. The maximum atomic E-state index is 12.0. The average molecular weight is 254 g/mol. The Kier molecular flexibility index (Phi) is 5.64. The Morgan fingerprint density at radius 3 is 1.94 bits per heavy atom. The van der Waals surface area contributed by atoms with E-state index in [1.54, 1.807) is 0 Å². The highest BCUT2D eigenvalue weighted by Gasteiger charge is 2.39. The molecule has 0 atom stereocenters. The molecule has 0 aliphatic heterocycles. The van der Waals surface area contributed by atoms with Crippen molar-refractivity contribution in [2.24, 2.45) is 17.6 Å². The van der Waals surface area contributed by atoms with Crippen LogP contribution < -0.4 is 11.1 Å². The van der Waals surface area contributed by atoms with Crippen molar-refractivity contribution >= 4 is 5.91 Å². The lowest BCUT2D eigenvalue weighted by molar-refractivity contribution is -0.126. The number of primary amides is 1. The van der Waals surface area contributed by atoms with Gasteiger partial charge in [0.15, 0.2) is 0 Å². The summed E-state index contributed by atoms with van der Waals surface area (Å²) in [7, 11) is 0. The number of carbonyl (C=O) groups excluding carboxylic acids is 1. The zero-order valence-corrected chi connectivity index (χ0v) is 12.5. The predicted molar refractivity (Wildman–Crippen MR) is 76.2 cm³/mol. The highest BCUT2D eigenvalue weighted by Crippen LogP contribution is 2.29. The normalized spacial score (nSPS) is 17.9. The lowest BCUT2D eigenvalue weighted by Crippen LogP contribution is -2.59. The van der Waals surface area contributed by atoms with Crippen molar-refractivity contribution in [3.63, 3.8) is 0 Å². The van der Waals surface area contributed by atoms with E-state index in [1.807, 2.05) is 0 Å². The molecule has 0 aromatic rings. The molecule has 0 spiro atoms. The van der Waals surface area contributed by atoms with Crippen LogP contribution in [-0.4, -0.2) is 17.5 Å². The lowest BCUT2D eigenvalue weighted by Gasteiger charge is -2.37. The molecule has 1 aliphatic rings. The van der Waals surface area contributed by atoms with Crippen LogP contribution in [0.1, 0.15) is 66.2 Å². The van der Waals surface area contributed by atoms with Crippen LogP contribution >= 0.6 is 0 Å². The van der Waals surface area contributed by atoms with E-state index in [-0.39, 0.29) is 5.91 Å². The van der Waals surface area contributed by atoms with Gasteiger partial charge in [0, 0.05) is 6.04 Å². The minimum atomic E-state index is -0.503. The molecular formula is C15H30N2O. The highest BCUT2D eigenvalue weighted by molar-refractivity contribution is 5.84. The van der Waals surface area contributed by atoms with Gasteiger partial charge in [-0.1, -0.05) is 40.5 Å². The van der Waals surface area contributed by atoms with E-state index < -0.39 is 5.54 Å². The Labute approximate surface area is 112 Å². The van der Waals surface area contributed by atoms with Crippen molar-refractivity contribution < 1.29 is 4.79 Å². The van der Waals surface area contributed by atoms with Crippen molar-refractivity contribution in [3.8, 4) is 0 Å². The zero-order valence-electron chi connectivity index (χ0n) is 12.5. The first-order valence-electron chi connectivity index (χ1n) is 7.43. The van der Waals surface area contributed by atoms with E-state index >= 15 is 0 Å². The maximum absolute atomic E-state index is 12.0. The first kappa shape index (κ1) is 15.5. The molecule has 0 bridgehead atoms. The van der Waals surface area contributed by atoms with Gasteiger partial charge in [-0.2, -0.15) is 0 Å². The molecule has 1 saturated carbocycles. The largest absolute Gasteiger partial charge is 0.368 e. The molecule has 0 unspecified atom stereocenters. The molecule has 0 saturated heterocycles. The van der Waals surface area contributed by atoms with Gasteiger partial charge < -0.3 is 11.1 Å². The Morgan fingerprint density at radius 1 is 1.17 bits per heavy atom. The summed E-state index contributed by atoms with van der Waals surface area (Å²) in [5.41, 5.74) is 5.24. The quantitative estimate of drug-likeness (QED) is 0.734. The Balaban J connectivity index is 2.83. The number of carbonyl (C=O) groups is 1. The van der Waals surface area contributed by atoms with Gasteiger partial charge in [-0.05, 0) is 37.5 Å². The maximum Gasteiger partial charge on any atom is 0.237 e. The van der Waals surface area contributed by atoms with Gasteiger partial charge in [-0.25, -0.2) is 0 Å². The van der Waals surface area contributed by atoms with E-state index in [0.29, 0.717) is 17.9 Å². The molecule has 3 nitrogen and oxygen atoms in total. The van der Waals surface area contributed by atoms with Crippen molar-refractivity contribution in [1.29, 1.82) is 0 Å². The van der Waals surface area contributed by atoms with Gasteiger partial charge in [-0.15, -0.1) is 0 Å². The average Bonchev–Trinajstić information content (AvgIpc) is 2.67. The van der Waals surface area contributed by atoms with Crippen LogP contribution in [0.25, 0.3) is 0 Å². The third-order valence-corrected chi connectivity index (χ3v) is 3.82. The van der Waals surface area contributed by atoms with E-state index in [9.17, 15) is 4.79 Å². The van der Waals surface area contributed by atoms with Gasteiger partial charge >= 0.3 is 0 Å². The fourth-order valence-electron chi connectivity index (χ4n) is 3.33. The smallest absolute Gasteiger partial charge is 0.237 e. The van der Waals surface area contributed by atoms with Crippen LogP contribution in [0.4, 0.5) is 0 Å². The first-order chi connectivity index (χ1) is 8.35. The molecule has 1 aliphatic carbocycles. The monoisotopic (exact) mass is 254 g/mol. The van der Waals surface area contributed by atoms with Gasteiger partial charge in [0.05, 0.1) is 5.54 Å². The predicted octanol–water partition coefficient (Wildman–Crippen LogP) is 2.83. The summed E-state index contributed by atoms with van der Waals surface area (Å²) in [6.45, 7) is 8.64. The second-order valence-electron chi connectivity index (χ2n) is 6.77. The minimum absolute atomic E-state index is 0.170. The Morgan fingerprint density at radius 2 is 1.61 bits per heavy atom. The summed E-state index contributed by atoms with van der Waals surface area (Å²) >= 11 is 0. The van der Waals surface area contributed by atoms with Crippen molar-refractivity contribution in [2.75, 3.05) is 0 Å². The molecule has 0 aromatic heterocycles. The molecule has 0 radical (unpaired) electrons. The SMILES string of the molecule is CC(C)CC(CC(C)C)(NC1CCCC1)C(N)=O. The zero-order chi connectivity index (χ0) is 13.8. The molecule has 3 N–H and O–H groups in total. The molecule has 18 heavy (non-hydrogen) atoms. The number of hydrogen-bond acceptors (Lipinski definition) is 2. The van der Waals surface area contributed by atoms with Crippen LogP contribution in [0.5, 0.6) is 0 Å². The number of rotatable bonds is 7. The van der Waals surface area contributed by atoms with Crippen LogP contribution in [0.15, 0.2) is 0 Å².